The quantitative estimate of drug-likeness (QED) is 0.318. The molecule has 1 aromatic carbocycles. The summed E-state index contributed by atoms with van der Waals surface area (Å²) in [5.74, 6) is -0.297. The second-order valence-corrected chi connectivity index (χ2v) is 4.58. The lowest BCUT2D eigenvalue weighted by Gasteiger charge is -2.14. The zero-order valence-corrected chi connectivity index (χ0v) is 11.4. The number of hydrogen-bond donors (Lipinski definition) is 3. The molecular formula is C13H20N4O2. The summed E-state index contributed by atoms with van der Waals surface area (Å²) in [4.78, 5) is 13.9. The van der Waals surface area contributed by atoms with E-state index < -0.39 is 0 Å². The van der Waals surface area contributed by atoms with Crippen LogP contribution in [0.4, 0.5) is 5.69 Å². The molecule has 0 aliphatic rings. The Morgan fingerprint density at radius 1 is 1.53 bits per heavy atom. The first kappa shape index (κ1) is 14.8. The van der Waals surface area contributed by atoms with Gasteiger partial charge < -0.3 is 21.2 Å². The molecule has 104 valence electrons. The molecule has 0 radical (unpaired) electrons. The fraction of sp³-hybridized carbons (Fsp3) is 0.385. The van der Waals surface area contributed by atoms with E-state index in [1.807, 2.05) is 37.2 Å². The number of hydrogen-bond acceptors (Lipinski definition) is 4. The molecule has 0 heterocycles. The van der Waals surface area contributed by atoms with Crippen molar-refractivity contribution in [2.75, 3.05) is 25.5 Å². The van der Waals surface area contributed by atoms with E-state index in [4.69, 9.17) is 10.9 Å². The predicted octanol–water partition coefficient (Wildman–Crippen LogP) is 0.865. The highest BCUT2D eigenvalue weighted by molar-refractivity contribution is 5.95. The van der Waals surface area contributed by atoms with Crippen molar-refractivity contribution in [1.82, 2.24) is 5.32 Å². The first-order valence-corrected chi connectivity index (χ1v) is 5.98. The summed E-state index contributed by atoms with van der Waals surface area (Å²) in [6.07, 6.45) is 0. The molecule has 0 aromatic heterocycles. The number of nitrogens with one attached hydrogen (secondary N) is 1. The van der Waals surface area contributed by atoms with E-state index in [1.54, 1.807) is 13.0 Å². The lowest BCUT2D eigenvalue weighted by Crippen LogP contribution is -2.34. The van der Waals surface area contributed by atoms with Crippen LogP contribution in [0.25, 0.3) is 0 Å². The largest absolute Gasteiger partial charge is 0.409 e. The van der Waals surface area contributed by atoms with Crippen LogP contribution in [0.2, 0.25) is 0 Å². The Hall–Kier alpha value is -2.24. The molecule has 0 saturated heterocycles. The lowest BCUT2D eigenvalue weighted by molar-refractivity contribution is 0.0951. The standard InChI is InChI=1S/C13H20N4O2/c1-9(12(14)16-19)8-15-13(18)10-5-4-6-11(7-10)17(2)3/h4-7,9,19H,8H2,1-3H3,(H2,14,16)(H,15,18). The van der Waals surface area contributed by atoms with Gasteiger partial charge in [-0.15, -0.1) is 0 Å². The highest BCUT2D eigenvalue weighted by Crippen LogP contribution is 2.13. The van der Waals surface area contributed by atoms with Crippen molar-refractivity contribution >= 4 is 17.4 Å². The summed E-state index contributed by atoms with van der Waals surface area (Å²) in [6, 6.07) is 7.31. The molecule has 1 rings (SSSR count). The van der Waals surface area contributed by atoms with Crippen LogP contribution < -0.4 is 16.0 Å². The number of rotatable bonds is 5. The minimum Gasteiger partial charge on any atom is -0.409 e. The van der Waals surface area contributed by atoms with Crippen LogP contribution in [0.1, 0.15) is 17.3 Å². The van der Waals surface area contributed by atoms with Crippen molar-refractivity contribution in [1.29, 1.82) is 0 Å². The average molecular weight is 264 g/mol. The molecule has 0 spiro atoms. The minimum absolute atomic E-state index is 0.0994. The van der Waals surface area contributed by atoms with Gasteiger partial charge in [-0.3, -0.25) is 4.79 Å². The van der Waals surface area contributed by atoms with Gasteiger partial charge in [0, 0.05) is 37.8 Å². The van der Waals surface area contributed by atoms with E-state index >= 15 is 0 Å². The number of anilines is 1. The van der Waals surface area contributed by atoms with Gasteiger partial charge in [-0.1, -0.05) is 18.1 Å². The van der Waals surface area contributed by atoms with Crippen LogP contribution in [0.3, 0.4) is 0 Å². The van der Waals surface area contributed by atoms with Crippen molar-refractivity contribution in [3.63, 3.8) is 0 Å². The Labute approximate surface area is 112 Å². The third kappa shape index (κ3) is 4.17. The highest BCUT2D eigenvalue weighted by Gasteiger charge is 2.11. The van der Waals surface area contributed by atoms with Gasteiger partial charge in [0.05, 0.1) is 0 Å². The summed E-state index contributed by atoms with van der Waals surface area (Å²) in [5.41, 5.74) is 6.98. The zero-order chi connectivity index (χ0) is 14.4. The number of amides is 1. The number of nitrogens with zero attached hydrogens (tertiary/aromatic N) is 2. The maximum absolute atomic E-state index is 12.0. The summed E-state index contributed by atoms with van der Waals surface area (Å²) >= 11 is 0. The van der Waals surface area contributed by atoms with Crippen LogP contribution in [0.15, 0.2) is 29.4 Å². The van der Waals surface area contributed by atoms with Gasteiger partial charge in [-0.2, -0.15) is 0 Å². The minimum atomic E-state index is -0.217. The van der Waals surface area contributed by atoms with E-state index in [9.17, 15) is 4.79 Å². The predicted molar refractivity (Wildman–Crippen MR) is 75.7 cm³/mol. The maximum atomic E-state index is 12.0. The Morgan fingerprint density at radius 2 is 2.21 bits per heavy atom. The molecule has 1 amide bonds. The van der Waals surface area contributed by atoms with Crippen LogP contribution in [-0.2, 0) is 0 Å². The van der Waals surface area contributed by atoms with Gasteiger partial charge >= 0.3 is 0 Å². The Morgan fingerprint density at radius 3 is 2.79 bits per heavy atom. The van der Waals surface area contributed by atoms with E-state index in [2.05, 4.69) is 10.5 Å². The average Bonchev–Trinajstić information content (AvgIpc) is 2.43. The monoisotopic (exact) mass is 264 g/mol. The third-order valence-corrected chi connectivity index (χ3v) is 2.81. The van der Waals surface area contributed by atoms with Gasteiger partial charge in [-0.25, -0.2) is 0 Å². The SMILES string of the molecule is CC(CNC(=O)c1cccc(N(C)C)c1)C(N)=NO. The molecule has 0 bridgehead atoms. The van der Waals surface area contributed by atoms with Gasteiger partial charge in [0.25, 0.3) is 5.91 Å². The molecule has 19 heavy (non-hydrogen) atoms. The molecular weight excluding hydrogens is 244 g/mol. The number of benzene rings is 1. The lowest BCUT2D eigenvalue weighted by atomic mass is 10.1. The van der Waals surface area contributed by atoms with E-state index in [0.717, 1.165) is 5.69 Å². The number of oxime groups is 1. The van der Waals surface area contributed by atoms with E-state index in [0.29, 0.717) is 12.1 Å². The molecule has 1 aromatic rings. The van der Waals surface area contributed by atoms with Crippen molar-refractivity contribution in [3.8, 4) is 0 Å². The second kappa shape index (κ2) is 6.63. The van der Waals surface area contributed by atoms with Crippen molar-refractivity contribution in [2.24, 2.45) is 16.8 Å². The topological polar surface area (TPSA) is 91.0 Å². The van der Waals surface area contributed by atoms with Crippen LogP contribution in [0, 0.1) is 5.92 Å². The van der Waals surface area contributed by atoms with Crippen molar-refractivity contribution in [2.45, 2.75) is 6.92 Å². The summed E-state index contributed by atoms with van der Waals surface area (Å²) in [6.45, 7) is 2.09. The van der Waals surface area contributed by atoms with Gasteiger partial charge in [-0.05, 0) is 18.2 Å². The van der Waals surface area contributed by atoms with Crippen molar-refractivity contribution in [3.05, 3.63) is 29.8 Å². The van der Waals surface area contributed by atoms with Gasteiger partial charge in [0.1, 0.15) is 5.84 Å². The van der Waals surface area contributed by atoms with E-state index in [1.165, 1.54) is 0 Å². The number of nitrogens with two attached hydrogens (primary N) is 1. The zero-order valence-electron chi connectivity index (χ0n) is 11.4. The summed E-state index contributed by atoms with van der Waals surface area (Å²) < 4.78 is 0. The second-order valence-electron chi connectivity index (χ2n) is 4.58. The normalized spacial score (nSPS) is 12.9. The fourth-order valence-corrected chi connectivity index (χ4v) is 1.48. The van der Waals surface area contributed by atoms with Crippen LogP contribution in [-0.4, -0.2) is 37.6 Å². The first-order valence-electron chi connectivity index (χ1n) is 5.98. The number of carbonyl (C=O) groups excluding carboxylic acids is 1. The molecule has 1 atom stereocenters. The summed E-state index contributed by atoms with van der Waals surface area (Å²) in [5, 5.41) is 14.2. The molecule has 0 aliphatic heterocycles. The molecule has 1 unspecified atom stereocenters. The van der Waals surface area contributed by atoms with Crippen LogP contribution in [0.5, 0.6) is 0 Å². The fourth-order valence-electron chi connectivity index (χ4n) is 1.48. The van der Waals surface area contributed by atoms with E-state index in [-0.39, 0.29) is 17.7 Å². The Balaban J connectivity index is 2.66. The molecule has 0 fully saturated rings. The molecule has 6 heteroatoms. The van der Waals surface area contributed by atoms with Gasteiger partial charge in [0.2, 0.25) is 0 Å². The maximum Gasteiger partial charge on any atom is 0.251 e. The molecule has 4 N–H and O–H groups in total. The smallest absolute Gasteiger partial charge is 0.251 e. The highest BCUT2D eigenvalue weighted by atomic mass is 16.4. The van der Waals surface area contributed by atoms with Gasteiger partial charge in [0.15, 0.2) is 0 Å². The number of amidine groups is 1. The third-order valence-electron chi connectivity index (χ3n) is 2.81. The number of carbonyl (C=O) groups is 1. The molecule has 0 saturated carbocycles. The first-order chi connectivity index (χ1) is 8.95. The Kier molecular flexibility index (Phi) is 5.17. The van der Waals surface area contributed by atoms with Crippen LogP contribution >= 0.6 is 0 Å². The molecule has 0 aliphatic carbocycles. The Bertz CT molecular complexity index is 471. The summed E-state index contributed by atoms with van der Waals surface area (Å²) in [7, 11) is 3.83. The van der Waals surface area contributed by atoms with Crippen molar-refractivity contribution < 1.29 is 10.0 Å². The molecule has 6 nitrogen and oxygen atoms in total.